The summed E-state index contributed by atoms with van der Waals surface area (Å²) in [7, 11) is 2.83. The number of hydrogen-bond acceptors (Lipinski definition) is 7. The molecule has 108 valence electrons. The second-order valence-corrected chi connectivity index (χ2v) is 4.91. The molecule has 2 saturated heterocycles. The van der Waals surface area contributed by atoms with E-state index in [1.807, 2.05) is 0 Å². The zero-order chi connectivity index (χ0) is 14.3. The summed E-state index contributed by atoms with van der Waals surface area (Å²) in [6.45, 7) is 3.32. The number of ether oxygens (including phenoxy) is 5. The minimum Gasteiger partial charge on any atom is -0.465 e. The lowest BCUT2D eigenvalue weighted by Crippen LogP contribution is -2.65. The van der Waals surface area contributed by atoms with Gasteiger partial charge in [0.15, 0.2) is 6.10 Å². The van der Waals surface area contributed by atoms with Crippen molar-refractivity contribution in [3.8, 4) is 0 Å². The van der Waals surface area contributed by atoms with Crippen molar-refractivity contribution in [3.63, 3.8) is 0 Å². The topological polar surface area (TPSA) is 80.3 Å². The number of esters is 2. The molecule has 0 aromatic rings. The van der Waals surface area contributed by atoms with Crippen LogP contribution in [-0.4, -0.2) is 50.4 Å². The van der Waals surface area contributed by atoms with Crippen molar-refractivity contribution >= 4 is 11.9 Å². The number of cyclic esters (lactones) is 2. The van der Waals surface area contributed by atoms with Gasteiger partial charge in [-0.3, -0.25) is 4.79 Å². The second-order valence-electron chi connectivity index (χ2n) is 4.91. The van der Waals surface area contributed by atoms with Crippen LogP contribution in [0.3, 0.4) is 0 Å². The Morgan fingerprint density at radius 1 is 1.16 bits per heavy atom. The average molecular weight is 274 g/mol. The predicted octanol–water partition coefficient (Wildman–Crippen LogP) is 0.217. The first kappa shape index (κ1) is 14.2. The maximum absolute atomic E-state index is 12.0. The van der Waals surface area contributed by atoms with E-state index in [0.29, 0.717) is 0 Å². The lowest BCUT2D eigenvalue weighted by molar-refractivity contribution is -0.409. The Balaban J connectivity index is 2.21. The molecule has 4 atom stereocenters. The zero-order valence-electron chi connectivity index (χ0n) is 11.4. The Bertz CT molecular complexity index is 396. The van der Waals surface area contributed by atoms with Crippen LogP contribution in [0.15, 0.2) is 0 Å². The molecular formula is C12H18O7. The van der Waals surface area contributed by atoms with E-state index < -0.39 is 23.6 Å². The van der Waals surface area contributed by atoms with Gasteiger partial charge in [0.1, 0.15) is 0 Å². The van der Waals surface area contributed by atoms with Gasteiger partial charge in [-0.1, -0.05) is 0 Å². The van der Waals surface area contributed by atoms with Gasteiger partial charge < -0.3 is 23.7 Å². The SMILES string of the molecule is CO[C@]1(C)OC(=O)[C@H]([C@@H]2COC(=O)C2)O[C@@]1(C)OC. The average Bonchev–Trinajstić information content (AvgIpc) is 2.80. The van der Waals surface area contributed by atoms with Crippen LogP contribution in [0.1, 0.15) is 20.3 Å². The molecule has 7 nitrogen and oxygen atoms in total. The molecule has 0 unspecified atom stereocenters. The summed E-state index contributed by atoms with van der Waals surface area (Å²) < 4.78 is 26.4. The second kappa shape index (κ2) is 4.73. The third-order valence-electron chi connectivity index (χ3n) is 3.80. The van der Waals surface area contributed by atoms with Gasteiger partial charge in [0.2, 0.25) is 5.79 Å². The van der Waals surface area contributed by atoms with Gasteiger partial charge in [-0.05, 0) is 6.92 Å². The van der Waals surface area contributed by atoms with Gasteiger partial charge in [0, 0.05) is 27.1 Å². The monoisotopic (exact) mass is 274 g/mol. The summed E-state index contributed by atoms with van der Waals surface area (Å²) in [4.78, 5) is 23.1. The molecule has 0 aromatic heterocycles. The highest BCUT2D eigenvalue weighted by Crippen LogP contribution is 2.39. The predicted molar refractivity (Wildman–Crippen MR) is 60.9 cm³/mol. The van der Waals surface area contributed by atoms with Crippen molar-refractivity contribution in [2.24, 2.45) is 5.92 Å². The van der Waals surface area contributed by atoms with E-state index in [1.54, 1.807) is 13.8 Å². The number of methoxy groups -OCH3 is 2. The molecule has 2 fully saturated rings. The van der Waals surface area contributed by atoms with Gasteiger partial charge in [0.05, 0.1) is 13.0 Å². The summed E-state index contributed by atoms with van der Waals surface area (Å²) in [6, 6.07) is 0. The molecule has 2 aliphatic heterocycles. The first-order valence-electron chi connectivity index (χ1n) is 6.02. The fraction of sp³-hybridized carbons (Fsp3) is 0.833. The molecule has 0 spiro atoms. The minimum absolute atomic E-state index is 0.128. The van der Waals surface area contributed by atoms with Crippen molar-refractivity contribution < 1.29 is 33.3 Å². The smallest absolute Gasteiger partial charge is 0.338 e. The van der Waals surface area contributed by atoms with E-state index in [9.17, 15) is 9.59 Å². The van der Waals surface area contributed by atoms with E-state index in [2.05, 4.69) is 0 Å². The summed E-state index contributed by atoms with van der Waals surface area (Å²) in [5.74, 6) is -3.90. The molecule has 0 aromatic carbocycles. The summed E-state index contributed by atoms with van der Waals surface area (Å²) in [5, 5.41) is 0. The molecular weight excluding hydrogens is 256 g/mol. The van der Waals surface area contributed by atoms with Crippen LogP contribution in [0.5, 0.6) is 0 Å². The molecule has 0 amide bonds. The normalized spacial score (nSPS) is 42.9. The third kappa shape index (κ3) is 2.22. The van der Waals surface area contributed by atoms with Gasteiger partial charge in [-0.15, -0.1) is 0 Å². The van der Waals surface area contributed by atoms with Crippen LogP contribution in [-0.2, 0) is 33.3 Å². The van der Waals surface area contributed by atoms with Gasteiger partial charge in [-0.2, -0.15) is 0 Å². The molecule has 0 aliphatic carbocycles. The summed E-state index contributed by atoms with van der Waals surface area (Å²) in [6.07, 6.45) is -0.775. The first-order valence-corrected chi connectivity index (χ1v) is 6.02. The van der Waals surface area contributed by atoms with E-state index in [0.717, 1.165) is 0 Å². The first-order chi connectivity index (χ1) is 8.85. The van der Waals surface area contributed by atoms with E-state index in [4.69, 9.17) is 23.7 Å². The number of rotatable bonds is 3. The molecule has 0 radical (unpaired) electrons. The molecule has 7 heteroatoms. The van der Waals surface area contributed by atoms with Crippen molar-refractivity contribution in [2.45, 2.75) is 37.9 Å². The Hall–Kier alpha value is -1.18. The quantitative estimate of drug-likeness (QED) is 0.681. The summed E-state index contributed by atoms with van der Waals surface area (Å²) in [5.41, 5.74) is 0. The van der Waals surface area contributed by atoms with Crippen LogP contribution in [0.2, 0.25) is 0 Å². The number of hydrogen-bond donors (Lipinski definition) is 0. The summed E-state index contributed by atoms with van der Waals surface area (Å²) >= 11 is 0. The Morgan fingerprint density at radius 3 is 2.26 bits per heavy atom. The molecule has 2 rings (SSSR count). The Morgan fingerprint density at radius 2 is 1.79 bits per heavy atom. The van der Waals surface area contributed by atoms with Crippen LogP contribution >= 0.6 is 0 Å². The van der Waals surface area contributed by atoms with Gasteiger partial charge >= 0.3 is 11.9 Å². The van der Waals surface area contributed by atoms with E-state index >= 15 is 0 Å². The van der Waals surface area contributed by atoms with Crippen LogP contribution in [0, 0.1) is 5.92 Å². The van der Waals surface area contributed by atoms with Crippen LogP contribution in [0.4, 0.5) is 0 Å². The lowest BCUT2D eigenvalue weighted by Gasteiger charge is -2.48. The highest BCUT2D eigenvalue weighted by molar-refractivity contribution is 5.79. The van der Waals surface area contributed by atoms with E-state index in [1.165, 1.54) is 14.2 Å². The number of carbonyl (C=O) groups excluding carboxylic acids is 2. The molecule has 19 heavy (non-hydrogen) atoms. The van der Waals surface area contributed by atoms with Crippen LogP contribution < -0.4 is 0 Å². The molecule has 2 aliphatic rings. The fourth-order valence-electron chi connectivity index (χ4n) is 2.22. The van der Waals surface area contributed by atoms with E-state index in [-0.39, 0.29) is 24.9 Å². The zero-order valence-corrected chi connectivity index (χ0v) is 11.4. The lowest BCUT2D eigenvalue weighted by atomic mass is 9.98. The molecule has 0 saturated carbocycles. The standard InChI is InChI=1S/C12H18O7/c1-11(15-3)12(2,16-4)19-10(14)9(18-11)7-5-8(13)17-6-7/h7,9H,5-6H2,1-4H3/t7-,9-,11+,12+/m0/s1. The highest BCUT2D eigenvalue weighted by Gasteiger charge is 2.59. The molecule has 0 bridgehead atoms. The van der Waals surface area contributed by atoms with Crippen LogP contribution in [0.25, 0.3) is 0 Å². The molecule has 2 heterocycles. The largest absolute Gasteiger partial charge is 0.465 e. The number of carbonyl (C=O) groups is 2. The van der Waals surface area contributed by atoms with Gasteiger partial charge in [-0.25, -0.2) is 4.79 Å². The van der Waals surface area contributed by atoms with Crippen molar-refractivity contribution in [1.82, 2.24) is 0 Å². The Labute approximate surface area is 111 Å². The van der Waals surface area contributed by atoms with Crippen molar-refractivity contribution in [2.75, 3.05) is 20.8 Å². The van der Waals surface area contributed by atoms with Gasteiger partial charge in [0.25, 0.3) is 5.79 Å². The Kier molecular flexibility index (Phi) is 3.55. The van der Waals surface area contributed by atoms with Crippen molar-refractivity contribution in [3.05, 3.63) is 0 Å². The molecule has 0 N–H and O–H groups in total. The third-order valence-corrected chi connectivity index (χ3v) is 3.80. The maximum Gasteiger partial charge on any atom is 0.338 e. The van der Waals surface area contributed by atoms with Crippen molar-refractivity contribution in [1.29, 1.82) is 0 Å². The fourth-order valence-corrected chi connectivity index (χ4v) is 2.22. The highest BCUT2D eigenvalue weighted by atomic mass is 16.8. The maximum atomic E-state index is 12.0. The minimum atomic E-state index is -1.35.